The molecule has 0 aliphatic rings. The number of furan rings is 1. The van der Waals surface area contributed by atoms with E-state index in [9.17, 15) is 21.7 Å². The highest BCUT2D eigenvalue weighted by Gasteiger charge is 2.16. The maximum absolute atomic E-state index is 9.72. The minimum absolute atomic E-state index is 0.138. The molecule has 0 unspecified atom stereocenters. The first kappa shape index (κ1) is 26.0. The summed E-state index contributed by atoms with van der Waals surface area (Å²) < 4.78 is 120. The summed E-state index contributed by atoms with van der Waals surface area (Å²) in [7, 11) is 0. The number of rotatable bonds is 12. The minimum atomic E-state index is -3.12. The van der Waals surface area contributed by atoms with Gasteiger partial charge in [-0.05, 0) is 127 Å². The van der Waals surface area contributed by atoms with Gasteiger partial charge in [0.2, 0.25) is 0 Å². The zero-order valence-corrected chi connectivity index (χ0v) is 32.2. The summed E-state index contributed by atoms with van der Waals surface area (Å²) in [4.78, 5) is 13.5. The second-order valence-corrected chi connectivity index (χ2v) is 14.1. The Kier molecular flexibility index (Phi) is 7.37. The van der Waals surface area contributed by atoms with Gasteiger partial charge in [-0.25, -0.2) is 0 Å². The summed E-state index contributed by atoms with van der Waals surface area (Å²) in [5.74, 6) is 0. The van der Waals surface area contributed by atoms with Gasteiger partial charge in [0.25, 0.3) is 0 Å². The van der Waals surface area contributed by atoms with E-state index >= 15 is 0 Å². The van der Waals surface area contributed by atoms with Crippen LogP contribution in [0.1, 0.15) is 66.5 Å². The van der Waals surface area contributed by atoms with Crippen molar-refractivity contribution in [3.05, 3.63) is 208 Å². The number of hydrogen-bond donors (Lipinski definition) is 0. The number of pyridine rings is 3. The maximum atomic E-state index is 9.72. The molecule has 9 rings (SSSR count). The van der Waals surface area contributed by atoms with Crippen molar-refractivity contribution in [2.75, 3.05) is 0 Å². The maximum Gasteiger partial charge on any atom is 0.153 e. The Balaban J connectivity index is 1.15. The van der Waals surface area contributed by atoms with Crippen LogP contribution in [0.15, 0.2) is 163 Å². The number of aryl methyl sites for hydroxylation is 8. The Morgan fingerprint density at radius 3 is 1.53 bits per heavy atom. The summed E-state index contributed by atoms with van der Waals surface area (Å²) in [6.45, 7) is 3.22. The van der Waals surface area contributed by atoms with Crippen molar-refractivity contribution >= 4 is 21.9 Å². The topological polar surface area (TPSA) is 75.6 Å². The van der Waals surface area contributed by atoms with E-state index in [-0.39, 0.29) is 16.7 Å². The molecule has 0 amide bonds. The Hall–Kier alpha value is -7.16. The van der Waals surface area contributed by atoms with Crippen LogP contribution >= 0.6 is 0 Å². The van der Waals surface area contributed by atoms with Crippen molar-refractivity contribution in [3.8, 4) is 39.8 Å². The molecule has 0 bridgehead atoms. The molecule has 0 radical (unpaired) electrons. The van der Waals surface area contributed by atoms with Crippen molar-refractivity contribution in [2.24, 2.45) is 0 Å². The van der Waals surface area contributed by atoms with Crippen molar-refractivity contribution in [1.29, 1.82) is 5.26 Å². The van der Waals surface area contributed by atoms with Crippen LogP contribution in [0.25, 0.3) is 55.7 Å². The van der Waals surface area contributed by atoms with Gasteiger partial charge in [-0.3, -0.25) is 15.0 Å². The molecule has 59 heavy (non-hydrogen) atoms. The van der Waals surface area contributed by atoms with Crippen LogP contribution in [-0.4, -0.2) is 15.0 Å². The van der Waals surface area contributed by atoms with E-state index in [1.165, 1.54) is 30.7 Å². The zero-order chi connectivity index (χ0) is 50.9. The van der Waals surface area contributed by atoms with Gasteiger partial charge in [-0.1, -0.05) is 109 Å². The van der Waals surface area contributed by atoms with Crippen molar-refractivity contribution in [1.82, 2.24) is 15.0 Å². The molecular formula is C54H44N4O. The summed E-state index contributed by atoms with van der Waals surface area (Å²) in [5, 5.41) is 11.2. The lowest BCUT2D eigenvalue weighted by Gasteiger charge is -2.13. The fourth-order valence-electron chi connectivity index (χ4n) is 6.91. The van der Waals surface area contributed by atoms with E-state index in [0.717, 1.165) is 40.1 Å². The molecule has 0 spiro atoms. The van der Waals surface area contributed by atoms with E-state index in [1.54, 1.807) is 50.2 Å². The second kappa shape index (κ2) is 16.7. The Bertz CT molecular complexity index is 3410. The van der Waals surface area contributed by atoms with Gasteiger partial charge >= 0.3 is 0 Å². The summed E-state index contributed by atoms with van der Waals surface area (Å²) in [5.41, 5.74) is 3.07. The van der Waals surface area contributed by atoms with Crippen molar-refractivity contribution < 1.29 is 20.9 Å². The van der Waals surface area contributed by atoms with E-state index in [1.807, 2.05) is 72.8 Å². The fourth-order valence-corrected chi connectivity index (χ4v) is 6.91. The van der Waals surface area contributed by atoms with Crippen molar-refractivity contribution in [2.45, 2.75) is 52.1 Å². The van der Waals surface area contributed by atoms with Gasteiger partial charge in [-0.15, -0.1) is 0 Å². The number of hydrogen-bond acceptors (Lipinski definition) is 5. The monoisotopic (exact) mass is 776 g/mol. The number of nitrogens with zero attached hydrogens (tertiary/aromatic N) is 4. The normalized spacial score (nSPS) is 15.7. The van der Waals surface area contributed by atoms with Gasteiger partial charge in [0.05, 0.1) is 22.6 Å². The van der Waals surface area contributed by atoms with Crippen LogP contribution in [0.3, 0.4) is 0 Å². The quantitative estimate of drug-likeness (QED) is 0.123. The molecule has 5 nitrogen and oxygen atoms in total. The minimum Gasteiger partial charge on any atom is -0.454 e. The van der Waals surface area contributed by atoms with Gasteiger partial charge < -0.3 is 4.42 Å². The average Bonchev–Trinajstić information content (AvgIpc) is 3.76. The first-order valence-electron chi connectivity index (χ1n) is 25.1. The fraction of sp³-hybridized carbons (Fsp3) is 0.148. The number of fused-ring (bicyclic) bond motifs is 3. The molecule has 4 heterocycles. The zero-order valence-electron chi connectivity index (χ0n) is 44.2. The molecule has 9 aromatic rings. The summed E-state index contributed by atoms with van der Waals surface area (Å²) in [6, 6.07) is 40.1. The van der Waals surface area contributed by atoms with Gasteiger partial charge in [0.15, 0.2) is 5.58 Å². The van der Waals surface area contributed by atoms with E-state index in [2.05, 4.69) is 21.0 Å². The van der Waals surface area contributed by atoms with E-state index in [0.29, 0.717) is 50.5 Å². The Labute approximate surface area is 362 Å². The van der Waals surface area contributed by atoms with Crippen LogP contribution in [0.5, 0.6) is 0 Å². The highest BCUT2D eigenvalue weighted by Crippen LogP contribution is 2.36. The molecule has 286 valence electrons. The van der Waals surface area contributed by atoms with E-state index < -0.39 is 54.9 Å². The van der Waals surface area contributed by atoms with Crippen LogP contribution in [0, 0.1) is 25.2 Å². The molecule has 0 aliphatic carbocycles. The van der Waals surface area contributed by atoms with E-state index in [4.69, 9.17) is 4.42 Å². The summed E-state index contributed by atoms with van der Waals surface area (Å²) in [6.07, 6.45) is -14.5. The molecule has 5 aromatic carbocycles. The summed E-state index contributed by atoms with van der Waals surface area (Å²) >= 11 is 0. The number of para-hydroxylation sites is 2. The van der Waals surface area contributed by atoms with Gasteiger partial charge in [0.1, 0.15) is 11.7 Å². The first-order valence-corrected chi connectivity index (χ1v) is 19.1. The molecule has 0 saturated heterocycles. The second-order valence-electron chi connectivity index (χ2n) is 14.1. The Morgan fingerprint density at radius 1 is 0.492 bits per heavy atom. The predicted octanol–water partition coefficient (Wildman–Crippen LogP) is 12.6. The third-order valence-electron chi connectivity index (χ3n) is 10.0. The smallest absolute Gasteiger partial charge is 0.153 e. The number of aromatic nitrogens is 3. The lowest BCUT2D eigenvalue weighted by atomic mass is 9.93. The van der Waals surface area contributed by atoms with Crippen LogP contribution in [-0.2, 0) is 38.2 Å². The predicted molar refractivity (Wildman–Crippen MR) is 239 cm³/mol. The molecule has 0 atom stereocenters. The molecule has 0 saturated carbocycles. The number of nitriles is 1. The standard InChI is InChI=1S/C54H44N4O/c1-36-27-51(42-11-5-3-6-12-42)57-34-45(36)24-21-40-29-39(30-41(31-40)22-25-46-35-58-52(28-37(46)2)43-13-7-4-8-14-43)20-19-38-23-26-50(56-33-38)49-18-10-17-48-47-16-9-15-44(32-55)53(47)59-54(48)49/h3-18,23,26-31,33-35H,19-22,24-25H2,1-2H3/i19D2,20D2,21D2,22D2,24D2,25D2. The molecule has 0 fully saturated rings. The van der Waals surface area contributed by atoms with Gasteiger partial charge in [0, 0.05) is 62.5 Å². The average molecular weight is 777 g/mol. The highest BCUT2D eigenvalue weighted by molar-refractivity contribution is 6.10. The van der Waals surface area contributed by atoms with Gasteiger partial charge in [-0.2, -0.15) is 5.26 Å². The highest BCUT2D eigenvalue weighted by atomic mass is 16.3. The molecule has 5 heteroatoms. The lowest BCUT2D eigenvalue weighted by Crippen LogP contribution is -2.02. The molecular weight excluding hydrogens is 721 g/mol. The molecule has 4 aromatic heterocycles. The molecule has 0 aliphatic heterocycles. The third kappa shape index (κ3) is 8.17. The largest absolute Gasteiger partial charge is 0.454 e. The third-order valence-corrected chi connectivity index (χ3v) is 10.0. The van der Waals surface area contributed by atoms with Crippen LogP contribution < -0.4 is 0 Å². The SMILES string of the molecule is [2H]C([2H])(c1ccc(-c2cccc3c2oc2c(C#N)cccc23)nc1)C([2H])([2H])c1cc(C([2H])([2H])C([2H])([2H])c2cnc(-c3ccccc3)cc2C)cc(C([2H])([2H])C([2H])([2H])c2cnc(-c3ccccc3)cc2C)c1. The lowest BCUT2D eigenvalue weighted by molar-refractivity contribution is 0.668. The Morgan fingerprint density at radius 2 is 1.00 bits per heavy atom. The van der Waals surface area contributed by atoms with Crippen molar-refractivity contribution in [3.63, 3.8) is 0 Å². The number of benzene rings is 5. The van der Waals surface area contributed by atoms with Crippen LogP contribution in [0.2, 0.25) is 0 Å². The first-order chi connectivity index (χ1) is 33.5. The molecule has 0 N–H and O–H groups in total. The van der Waals surface area contributed by atoms with Crippen LogP contribution in [0.4, 0.5) is 0 Å².